The maximum atomic E-state index is 13.4. The molecular weight excluding hydrogens is 340 g/mol. The summed E-state index contributed by atoms with van der Waals surface area (Å²) in [6.45, 7) is 3.38. The molecule has 1 aliphatic carbocycles. The lowest BCUT2D eigenvalue weighted by Gasteiger charge is -2.47. The van der Waals surface area contributed by atoms with Gasteiger partial charge in [-0.15, -0.1) is 0 Å². The number of ether oxygens (including phenoxy) is 3. The molecule has 2 atom stereocenters. The van der Waals surface area contributed by atoms with Crippen molar-refractivity contribution in [1.29, 1.82) is 0 Å². The van der Waals surface area contributed by atoms with Crippen molar-refractivity contribution in [3.8, 4) is 0 Å². The molecule has 0 unspecified atom stereocenters. The SMILES string of the molecule is O=C(O)CO[C@@H]1CCOC[C@@H]1NC(=O)C1(N2CCOCC2)CCCCC1. The number of amides is 1. The third kappa shape index (κ3) is 4.54. The van der Waals surface area contributed by atoms with Gasteiger partial charge in [0, 0.05) is 19.7 Å². The van der Waals surface area contributed by atoms with Crippen LogP contribution in [-0.4, -0.2) is 85.7 Å². The van der Waals surface area contributed by atoms with E-state index in [4.69, 9.17) is 19.3 Å². The molecule has 1 amide bonds. The van der Waals surface area contributed by atoms with Gasteiger partial charge in [-0.05, 0) is 19.3 Å². The molecule has 148 valence electrons. The monoisotopic (exact) mass is 370 g/mol. The lowest BCUT2D eigenvalue weighted by molar-refractivity contribution is -0.150. The summed E-state index contributed by atoms with van der Waals surface area (Å²) in [4.78, 5) is 26.4. The molecule has 2 saturated heterocycles. The molecule has 0 aromatic carbocycles. The number of carbonyl (C=O) groups excluding carboxylic acids is 1. The second kappa shape index (κ2) is 9.12. The van der Waals surface area contributed by atoms with E-state index in [-0.39, 0.29) is 24.7 Å². The molecule has 8 nitrogen and oxygen atoms in total. The summed E-state index contributed by atoms with van der Waals surface area (Å²) in [6, 6.07) is -0.310. The molecule has 8 heteroatoms. The topological polar surface area (TPSA) is 97.3 Å². The molecule has 0 bridgehead atoms. The fraction of sp³-hybridized carbons (Fsp3) is 0.889. The number of carboxylic acids is 1. The fourth-order valence-electron chi connectivity index (χ4n) is 4.35. The highest BCUT2D eigenvalue weighted by molar-refractivity contribution is 5.86. The van der Waals surface area contributed by atoms with Gasteiger partial charge in [0.2, 0.25) is 5.91 Å². The minimum atomic E-state index is -1.00. The molecule has 0 aromatic rings. The van der Waals surface area contributed by atoms with Gasteiger partial charge in [-0.25, -0.2) is 4.79 Å². The van der Waals surface area contributed by atoms with Crippen LogP contribution in [0.4, 0.5) is 0 Å². The molecule has 1 saturated carbocycles. The quantitative estimate of drug-likeness (QED) is 0.698. The highest BCUT2D eigenvalue weighted by Crippen LogP contribution is 2.35. The van der Waals surface area contributed by atoms with E-state index >= 15 is 0 Å². The Balaban J connectivity index is 1.68. The smallest absolute Gasteiger partial charge is 0.329 e. The van der Waals surface area contributed by atoms with E-state index in [1.165, 1.54) is 0 Å². The van der Waals surface area contributed by atoms with Crippen LogP contribution in [0, 0.1) is 0 Å². The molecule has 2 heterocycles. The average molecular weight is 370 g/mol. The van der Waals surface area contributed by atoms with Gasteiger partial charge in [-0.1, -0.05) is 19.3 Å². The second-order valence-corrected chi connectivity index (χ2v) is 7.38. The molecule has 3 aliphatic rings. The Hall–Kier alpha value is -1.22. The van der Waals surface area contributed by atoms with Crippen molar-refractivity contribution in [2.75, 3.05) is 46.1 Å². The molecule has 0 radical (unpaired) electrons. The predicted octanol–water partition coefficient (Wildman–Crippen LogP) is 0.396. The summed E-state index contributed by atoms with van der Waals surface area (Å²) in [5, 5.41) is 12.0. The van der Waals surface area contributed by atoms with Crippen LogP contribution in [0.25, 0.3) is 0 Å². The van der Waals surface area contributed by atoms with Gasteiger partial charge in [0.05, 0.1) is 32.0 Å². The highest BCUT2D eigenvalue weighted by atomic mass is 16.5. The number of aliphatic carboxylic acids is 1. The normalized spacial score (nSPS) is 29.8. The Morgan fingerprint density at radius 3 is 2.54 bits per heavy atom. The van der Waals surface area contributed by atoms with Crippen molar-refractivity contribution in [2.45, 2.75) is 56.2 Å². The van der Waals surface area contributed by atoms with E-state index in [2.05, 4.69) is 10.2 Å². The van der Waals surface area contributed by atoms with Crippen LogP contribution in [0.5, 0.6) is 0 Å². The van der Waals surface area contributed by atoms with E-state index < -0.39 is 11.5 Å². The van der Waals surface area contributed by atoms with Gasteiger partial charge in [0.25, 0.3) is 0 Å². The fourth-order valence-corrected chi connectivity index (χ4v) is 4.35. The van der Waals surface area contributed by atoms with Crippen LogP contribution < -0.4 is 5.32 Å². The molecule has 2 N–H and O–H groups in total. The number of carboxylic acid groups (broad SMARTS) is 1. The van der Waals surface area contributed by atoms with Crippen LogP contribution >= 0.6 is 0 Å². The average Bonchev–Trinajstić information content (AvgIpc) is 2.68. The predicted molar refractivity (Wildman–Crippen MR) is 93.0 cm³/mol. The van der Waals surface area contributed by atoms with Gasteiger partial charge in [-0.2, -0.15) is 0 Å². The van der Waals surface area contributed by atoms with Gasteiger partial charge >= 0.3 is 5.97 Å². The van der Waals surface area contributed by atoms with Crippen LogP contribution in [0.3, 0.4) is 0 Å². The van der Waals surface area contributed by atoms with Crippen LogP contribution in [0.2, 0.25) is 0 Å². The Kier molecular flexibility index (Phi) is 6.86. The third-order valence-corrected chi connectivity index (χ3v) is 5.75. The van der Waals surface area contributed by atoms with E-state index in [1.54, 1.807) is 0 Å². The first-order valence-corrected chi connectivity index (χ1v) is 9.67. The summed E-state index contributed by atoms with van der Waals surface area (Å²) < 4.78 is 16.5. The van der Waals surface area contributed by atoms with Gasteiger partial charge in [0.1, 0.15) is 12.1 Å². The molecule has 26 heavy (non-hydrogen) atoms. The minimum Gasteiger partial charge on any atom is -0.480 e. The minimum absolute atomic E-state index is 0.0264. The number of morpholine rings is 1. The summed E-state index contributed by atoms with van der Waals surface area (Å²) in [7, 11) is 0. The third-order valence-electron chi connectivity index (χ3n) is 5.75. The summed E-state index contributed by atoms with van der Waals surface area (Å²) in [5.74, 6) is -0.975. The zero-order chi connectivity index (χ0) is 18.4. The standard InChI is InChI=1S/C18H30N2O6/c21-16(22)13-26-15-4-9-25-12-14(15)19-17(23)18(5-2-1-3-6-18)20-7-10-24-11-8-20/h14-15H,1-13H2,(H,19,23)(H,21,22)/t14-,15+/m0/s1. The van der Waals surface area contributed by atoms with Crippen molar-refractivity contribution in [2.24, 2.45) is 0 Å². The van der Waals surface area contributed by atoms with Gasteiger partial charge in [0.15, 0.2) is 0 Å². The maximum Gasteiger partial charge on any atom is 0.329 e. The van der Waals surface area contributed by atoms with E-state index in [1.807, 2.05) is 0 Å². The molecule has 3 rings (SSSR count). The van der Waals surface area contributed by atoms with Crippen molar-refractivity contribution in [3.63, 3.8) is 0 Å². The first-order chi connectivity index (χ1) is 12.6. The van der Waals surface area contributed by atoms with Crippen molar-refractivity contribution in [1.82, 2.24) is 10.2 Å². The summed E-state index contributed by atoms with van der Waals surface area (Å²) in [5.41, 5.74) is -0.489. The number of nitrogens with zero attached hydrogens (tertiary/aromatic N) is 1. The van der Waals surface area contributed by atoms with Crippen LogP contribution in [0.15, 0.2) is 0 Å². The zero-order valence-corrected chi connectivity index (χ0v) is 15.3. The number of hydrogen-bond acceptors (Lipinski definition) is 6. The van der Waals surface area contributed by atoms with Crippen LogP contribution in [0.1, 0.15) is 38.5 Å². The van der Waals surface area contributed by atoms with E-state index in [0.29, 0.717) is 32.8 Å². The van der Waals surface area contributed by atoms with Crippen molar-refractivity contribution < 1.29 is 28.9 Å². The van der Waals surface area contributed by atoms with E-state index in [0.717, 1.165) is 45.2 Å². The highest BCUT2D eigenvalue weighted by Gasteiger charge is 2.46. The van der Waals surface area contributed by atoms with E-state index in [9.17, 15) is 9.59 Å². The number of hydrogen-bond donors (Lipinski definition) is 2. The first-order valence-electron chi connectivity index (χ1n) is 9.67. The van der Waals surface area contributed by atoms with Gasteiger partial charge in [-0.3, -0.25) is 9.69 Å². The zero-order valence-electron chi connectivity index (χ0n) is 15.3. The Morgan fingerprint density at radius 1 is 1.12 bits per heavy atom. The summed E-state index contributed by atoms with van der Waals surface area (Å²) in [6.07, 6.45) is 5.23. The molecular formula is C18H30N2O6. The van der Waals surface area contributed by atoms with Crippen molar-refractivity contribution >= 4 is 11.9 Å². The molecule has 0 spiro atoms. The lowest BCUT2D eigenvalue weighted by atomic mass is 9.78. The number of carbonyl (C=O) groups is 2. The number of nitrogens with one attached hydrogen (secondary N) is 1. The lowest BCUT2D eigenvalue weighted by Crippen LogP contribution is -2.65. The second-order valence-electron chi connectivity index (χ2n) is 7.38. The Labute approximate surface area is 154 Å². The Morgan fingerprint density at radius 2 is 1.85 bits per heavy atom. The molecule has 3 fully saturated rings. The van der Waals surface area contributed by atoms with Gasteiger partial charge < -0.3 is 24.6 Å². The Bertz CT molecular complexity index is 488. The number of rotatable bonds is 6. The largest absolute Gasteiger partial charge is 0.480 e. The maximum absolute atomic E-state index is 13.4. The summed E-state index contributed by atoms with van der Waals surface area (Å²) >= 11 is 0. The van der Waals surface area contributed by atoms with Crippen molar-refractivity contribution in [3.05, 3.63) is 0 Å². The van der Waals surface area contributed by atoms with Crippen LogP contribution in [-0.2, 0) is 23.8 Å². The first kappa shape index (κ1) is 19.5. The molecule has 2 aliphatic heterocycles. The molecule has 0 aromatic heterocycles.